The Morgan fingerprint density at radius 3 is 2.62 bits per heavy atom. The third-order valence-electron chi connectivity index (χ3n) is 5.60. The Kier molecular flexibility index (Phi) is 8.15. The van der Waals surface area contributed by atoms with Gasteiger partial charge in [-0.1, -0.05) is 49.6 Å². The molecule has 0 aliphatic heterocycles. The molecule has 0 bridgehead atoms. The van der Waals surface area contributed by atoms with Crippen molar-refractivity contribution in [2.75, 3.05) is 6.54 Å². The van der Waals surface area contributed by atoms with E-state index in [0.29, 0.717) is 11.6 Å². The predicted octanol–water partition coefficient (Wildman–Crippen LogP) is 6.11. The summed E-state index contributed by atoms with van der Waals surface area (Å²) in [5.41, 5.74) is 4.54. The number of unbranched alkanes of at least 4 members (excludes halogenated alkanes) is 2. The van der Waals surface area contributed by atoms with Gasteiger partial charge in [0.05, 0.1) is 21.2 Å². The molecule has 0 unspecified atom stereocenters. The van der Waals surface area contributed by atoms with Crippen LogP contribution in [0.3, 0.4) is 0 Å². The van der Waals surface area contributed by atoms with Gasteiger partial charge < -0.3 is 0 Å². The number of halogens is 1. The Morgan fingerprint density at radius 2 is 1.91 bits per heavy atom. The van der Waals surface area contributed by atoms with Crippen LogP contribution in [0.2, 0.25) is 5.15 Å². The van der Waals surface area contributed by atoms with Gasteiger partial charge in [-0.3, -0.25) is 5.10 Å². The standard InChI is InChI=1S/C25H27ClN4O2S2/c1-2-3-4-6-18-8-10-20(11-9-18)34(31,32)28-15-13-21-24(19-12-14-27-23(26)17-19)29-30-25(21)22-7-5-16-33-22/h5,7-12,14,16-17,28H,2-4,6,13,15H2,1H3,(H,29,30). The molecule has 34 heavy (non-hydrogen) atoms. The largest absolute Gasteiger partial charge is 0.276 e. The van der Waals surface area contributed by atoms with Gasteiger partial charge in [0.15, 0.2) is 0 Å². The second kappa shape index (κ2) is 11.3. The first kappa shape index (κ1) is 24.6. The fourth-order valence-electron chi connectivity index (χ4n) is 3.83. The van der Waals surface area contributed by atoms with Gasteiger partial charge in [0.2, 0.25) is 10.0 Å². The van der Waals surface area contributed by atoms with E-state index in [4.69, 9.17) is 11.6 Å². The minimum absolute atomic E-state index is 0.240. The van der Waals surface area contributed by atoms with Crippen molar-refractivity contribution in [1.29, 1.82) is 0 Å². The number of sulfonamides is 1. The van der Waals surface area contributed by atoms with Crippen LogP contribution in [0.4, 0.5) is 0 Å². The van der Waals surface area contributed by atoms with E-state index in [2.05, 4.69) is 26.8 Å². The number of aromatic nitrogens is 3. The number of nitrogens with one attached hydrogen (secondary N) is 2. The molecule has 0 atom stereocenters. The number of thiophene rings is 1. The molecule has 3 heterocycles. The Labute approximate surface area is 209 Å². The molecule has 0 aliphatic rings. The van der Waals surface area contributed by atoms with Crippen molar-refractivity contribution in [1.82, 2.24) is 19.9 Å². The van der Waals surface area contributed by atoms with E-state index in [1.54, 1.807) is 35.7 Å². The smallest absolute Gasteiger partial charge is 0.240 e. The maximum Gasteiger partial charge on any atom is 0.240 e. The summed E-state index contributed by atoms with van der Waals surface area (Å²) in [6.07, 6.45) is 6.52. The third-order valence-corrected chi connectivity index (χ3v) is 8.18. The molecule has 9 heteroatoms. The van der Waals surface area contributed by atoms with Crippen LogP contribution in [-0.4, -0.2) is 30.1 Å². The van der Waals surface area contributed by atoms with Gasteiger partial charge in [-0.05, 0) is 60.5 Å². The number of nitrogens with zero attached hydrogens (tertiary/aromatic N) is 2. The van der Waals surface area contributed by atoms with Crippen LogP contribution < -0.4 is 4.72 Å². The van der Waals surface area contributed by atoms with E-state index >= 15 is 0 Å². The molecular formula is C25H27ClN4O2S2. The molecule has 0 saturated heterocycles. The summed E-state index contributed by atoms with van der Waals surface area (Å²) in [4.78, 5) is 5.36. The van der Waals surface area contributed by atoms with Gasteiger partial charge in [0, 0.05) is 23.9 Å². The summed E-state index contributed by atoms with van der Waals surface area (Å²) in [6.45, 7) is 2.41. The van der Waals surface area contributed by atoms with E-state index < -0.39 is 10.0 Å². The predicted molar refractivity (Wildman–Crippen MR) is 139 cm³/mol. The molecule has 0 spiro atoms. The number of hydrogen-bond acceptors (Lipinski definition) is 5. The highest BCUT2D eigenvalue weighted by Crippen LogP contribution is 2.33. The summed E-state index contributed by atoms with van der Waals surface area (Å²) in [5, 5.41) is 10.0. The average Bonchev–Trinajstić information content (AvgIpc) is 3.50. The second-order valence-corrected chi connectivity index (χ2v) is 11.1. The molecule has 6 nitrogen and oxygen atoms in total. The highest BCUT2D eigenvalue weighted by atomic mass is 35.5. The van der Waals surface area contributed by atoms with Gasteiger partial charge in [-0.2, -0.15) is 5.10 Å². The molecule has 1 aromatic carbocycles. The lowest BCUT2D eigenvalue weighted by Crippen LogP contribution is -2.26. The number of benzene rings is 1. The fraction of sp³-hybridized carbons (Fsp3) is 0.280. The number of H-pyrrole nitrogens is 1. The lowest BCUT2D eigenvalue weighted by molar-refractivity contribution is 0.581. The first-order valence-electron chi connectivity index (χ1n) is 11.3. The van der Waals surface area contributed by atoms with Gasteiger partial charge in [0.1, 0.15) is 5.15 Å². The van der Waals surface area contributed by atoms with Crippen molar-refractivity contribution >= 4 is 33.0 Å². The molecule has 0 saturated carbocycles. The number of hydrogen-bond donors (Lipinski definition) is 2. The molecular weight excluding hydrogens is 488 g/mol. The number of rotatable bonds is 11. The van der Waals surface area contributed by atoms with Gasteiger partial charge in [-0.25, -0.2) is 18.1 Å². The van der Waals surface area contributed by atoms with E-state index in [-0.39, 0.29) is 11.4 Å². The molecule has 0 aliphatic carbocycles. The Balaban J connectivity index is 1.50. The lowest BCUT2D eigenvalue weighted by atomic mass is 10.0. The van der Waals surface area contributed by atoms with Crippen LogP contribution in [0.1, 0.15) is 37.3 Å². The van der Waals surface area contributed by atoms with Gasteiger partial charge in [0.25, 0.3) is 0 Å². The summed E-state index contributed by atoms with van der Waals surface area (Å²) < 4.78 is 28.5. The Morgan fingerprint density at radius 1 is 1.09 bits per heavy atom. The highest BCUT2D eigenvalue weighted by Gasteiger charge is 2.19. The zero-order chi connectivity index (χ0) is 24.0. The van der Waals surface area contributed by atoms with Crippen LogP contribution in [0.25, 0.3) is 21.8 Å². The summed E-state index contributed by atoms with van der Waals surface area (Å²) >= 11 is 7.69. The molecule has 0 fully saturated rings. The summed E-state index contributed by atoms with van der Waals surface area (Å²) in [6, 6.07) is 14.8. The quantitative estimate of drug-likeness (QED) is 0.187. The minimum Gasteiger partial charge on any atom is -0.276 e. The van der Waals surface area contributed by atoms with Crippen molar-refractivity contribution in [3.8, 4) is 21.8 Å². The summed E-state index contributed by atoms with van der Waals surface area (Å²) in [7, 11) is -3.62. The van der Waals surface area contributed by atoms with Crippen LogP contribution in [0, 0.1) is 0 Å². The van der Waals surface area contributed by atoms with Gasteiger partial charge in [-0.15, -0.1) is 11.3 Å². The first-order chi connectivity index (χ1) is 16.5. The topological polar surface area (TPSA) is 87.7 Å². The third kappa shape index (κ3) is 5.93. The normalized spacial score (nSPS) is 11.7. The molecule has 3 aromatic heterocycles. The SMILES string of the molecule is CCCCCc1ccc(S(=O)(=O)NCCc2c(-c3ccnc(Cl)c3)n[nH]c2-c2cccs2)cc1. The minimum atomic E-state index is -3.62. The maximum absolute atomic E-state index is 12.9. The van der Waals surface area contributed by atoms with Crippen LogP contribution in [0.15, 0.2) is 65.0 Å². The Hall–Kier alpha value is -2.52. The average molecular weight is 515 g/mol. The van der Waals surface area contributed by atoms with Crippen molar-refractivity contribution in [2.45, 2.75) is 43.9 Å². The highest BCUT2D eigenvalue weighted by molar-refractivity contribution is 7.89. The first-order valence-corrected chi connectivity index (χ1v) is 14.0. The van der Waals surface area contributed by atoms with E-state index in [9.17, 15) is 8.42 Å². The van der Waals surface area contributed by atoms with Gasteiger partial charge >= 0.3 is 0 Å². The molecule has 0 radical (unpaired) electrons. The fourth-order valence-corrected chi connectivity index (χ4v) is 5.78. The van der Waals surface area contributed by atoms with Crippen LogP contribution in [0.5, 0.6) is 0 Å². The number of aromatic amines is 1. The van der Waals surface area contributed by atoms with Crippen LogP contribution >= 0.6 is 22.9 Å². The van der Waals surface area contributed by atoms with Crippen molar-refractivity contribution in [3.63, 3.8) is 0 Å². The monoisotopic (exact) mass is 514 g/mol. The molecule has 4 aromatic rings. The lowest BCUT2D eigenvalue weighted by Gasteiger charge is -2.09. The molecule has 0 amide bonds. The van der Waals surface area contributed by atoms with Crippen LogP contribution in [-0.2, 0) is 22.9 Å². The zero-order valence-corrected chi connectivity index (χ0v) is 21.3. The van der Waals surface area contributed by atoms with E-state index in [1.165, 1.54) is 6.42 Å². The number of pyridine rings is 1. The van der Waals surface area contributed by atoms with E-state index in [0.717, 1.165) is 52.2 Å². The Bertz CT molecular complexity index is 1320. The van der Waals surface area contributed by atoms with Crippen molar-refractivity contribution in [2.24, 2.45) is 0 Å². The van der Waals surface area contributed by atoms with Crippen molar-refractivity contribution in [3.05, 3.63) is 76.4 Å². The molecule has 2 N–H and O–H groups in total. The molecule has 178 valence electrons. The maximum atomic E-state index is 12.9. The van der Waals surface area contributed by atoms with E-state index in [1.807, 2.05) is 35.7 Å². The second-order valence-electron chi connectivity index (χ2n) is 8.02. The van der Waals surface area contributed by atoms with Crippen molar-refractivity contribution < 1.29 is 8.42 Å². The molecule has 4 rings (SSSR count). The zero-order valence-electron chi connectivity index (χ0n) is 18.9. The summed E-state index contributed by atoms with van der Waals surface area (Å²) in [5.74, 6) is 0. The number of aryl methyl sites for hydroxylation is 1.